The van der Waals surface area contributed by atoms with Gasteiger partial charge < -0.3 is 28.4 Å². The highest BCUT2D eigenvalue weighted by atomic mass is 16.7. The molecule has 7 rings (SSSR count). The van der Waals surface area contributed by atoms with Gasteiger partial charge in [0.15, 0.2) is 20.4 Å². The van der Waals surface area contributed by atoms with Crippen LogP contribution in [-0.2, 0) is 42.8 Å². The number of esters is 3. The standard InChI is InChI=1S/C19H32O3.C16H28O3.C12H22O3.3CH4/c1-5-18(2,3)17(20)22-12-21-11-19(4)15-7-13-6-14(9-15)10-16(19)8-13;1-5-15(2,3)14(17)19-11-18-10-16(4)9-12-6-7-13(16)8-12;1-4-12(2,3)11(13)15-9-14-10-7-5-6-8-10;;;/h13-16H,5-12H2,1-4H3;12-13H,5-11H2,1-4H3;10H,4-9H2,1-3H3;3*1H4. The van der Waals surface area contributed by atoms with Crippen molar-refractivity contribution in [2.75, 3.05) is 33.6 Å². The summed E-state index contributed by atoms with van der Waals surface area (Å²) in [5.41, 5.74) is -0.579. The van der Waals surface area contributed by atoms with Crippen molar-refractivity contribution in [3.63, 3.8) is 0 Å². The van der Waals surface area contributed by atoms with Gasteiger partial charge in [0.25, 0.3) is 0 Å². The lowest BCUT2D eigenvalue weighted by Crippen LogP contribution is -2.53. The van der Waals surface area contributed by atoms with E-state index in [4.69, 9.17) is 28.4 Å². The molecule has 0 aromatic heterocycles. The lowest BCUT2D eigenvalue weighted by Gasteiger charge is -2.60. The molecule has 0 radical (unpaired) electrons. The molecule has 0 amide bonds. The minimum absolute atomic E-state index is 0. The van der Waals surface area contributed by atoms with E-state index in [1.165, 1.54) is 70.6 Å². The maximum Gasteiger partial charge on any atom is 0.313 e. The van der Waals surface area contributed by atoms with Crippen LogP contribution in [0.4, 0.5) is 0 Å². The van der Waals surface area contributed by atoms with Crippen molar-refractivity contribution in [2.45, 2.75) is 207 Å². The molecule has 7 aliphatic rings. The maximum atomic E-state index is 12.0. The van der Waals surface area contributed by atoms with Gasteiger partial charge in [0, 0.05) is 0 Å². The van der Waals surface area contributed by atoms with E-state index < -0.39 is 10.8 Å². The molecule has 9 nitrogen and oxygen atoms in total. The monoisotopic (exact) mass is 839 g/mol. The Morgan fingerprint density at radius 1 is 0.525 bits per heavy atom. The summed E-state index contributed by atoms with van der Waals surface area (Å²) in [6.07, 6.45) is 19.8. The van der Waals surface area contributed by atoms with Crippen LogP contribution in [0.5, 0.6) is 0 Å². The molecule has 7 aliphatic carbocycles. The van der Waals surface area contributed by atoms with E-state index >= 15 is 0 Å². The number of carbonyl (C=O) groups excluding carboxylic acids is 3. The fourth-order valence-electron chi connectivity index (χ4n) is 10.4. The minimum atomic E-state index is -0.407. The van der Waals surface area contributed by atoms with Gasteiger partial charge >= 0.3 is 17.9 Å². The SMILES string of the molecule is C.C.C.CCC(C)(C)C(=O)OCOC1CCCC1.CCC(C)(C)C(=O)OCOCC1(C)C2CC3CC(C2)CC1C3.CCC(C)(C)C(=O)OCOCC1(C)CC2CCC1C2. The van der Waals surface area contributed by atoms with Crippen molar-refractivity contribution < 1.29 is 42.8 Å². The van der Waals surface area contributed by atoms with Crippen LogP contribution in [0, 0.1) is 62.6 Å². The van der Waals surface area contributed by atoms with Crippen LogP contribution in [-0.4, -0.2) is 57.6 Å². The minimum Gasteiger partial charge on any atom is -0.438 e. The van der Waals surface area contributed by atoms with E-state index in [2.05, 4.69) is 13.8 Å². The van der Waals surface area contributed by atoms with Gasteiger partial charge in [0.05, 0.1) is 35.6 Å². The number of hydrogen-bond acceptors (Lipinski definition) is 9. The fourth-order valence-corrected chi connectivity index (χ4v) is 10.4. The summed E-state index contributed by atoms with van der Waals surface area (Å²) in [6.45, 7) is 24.0. The molecule has 3 unspecified atom stereocenters. The molecule has 348 valence electrons. The Hall–Kier alpha value is -1.71. The predicted octanol–water partition coefficient (Wildman–Crippen LogP) is 13.0. The lowest BCUT2D eigenvalue weighted by molar-refractivity contribution is -0.181. The average molecular weight is 839 g/mol. The normalized spacial score (nSPS) is 30.4. The van der Waals surface area contributed by atoms with Crippen molar-refractivity contribution in [3.05, 3.63) is 0 Å². The second kappa shape index (κ2) is 23.7. The van der Waals surface area contributed by atoms with Gasteiger partial charge in [0.1, 0.15) is 0 Å². The number of fused-ring (bicyclic) bond motifs is 2. The zero-order valence-corrected chi connectivity index (χ0v) is 37.6. The molecule has 59 heavy (non-hydrogen) atoms. The lowest BCUT2D eigenvalue weighted by atomic mass is 9.46. The highest BCUT2D eigenvalue weighted by Gasteiger charge is 2.55. The third-order valence-corrected chi connectivity index (χ3v) is 15.8. The summed E-state index contributed by atoms with van der Waals surface area (Å²) in [7, 11) is 0. The molecule has 3 atom stereocenters. The molecule has 7 fully saturated rings. The highest BCUT2D eigenvalue weighted by molar-refractivity contribution is 5.76. The molecule has 0 heterocycles. The first kappa shape index (κ1) is 55.3. The summed E-state index contributed by atoms with van der Waals surface area (Å²) in [5, 5.41) is 0. The Balaban J connectivity index is 0.000000439. The van der Waals surface area contributed by atoms with Crippen molar-refractivity contribution in [1.82, 2.24) is 0 Å². The average Bonchev–Trinajstić information content (AvgIpc) is 3.93. The van der Waals surface area contributed by atoms with Gasteiger partial charge in [-0.25, -0.2) is 0 Å². The Kier molecular flexibility index (Phi) is 22.2. The maximum absolute atomic E-state index is 12.0. The number of rotatable bonds is 17. The first-order valence-electron chi connectivity index (χ1n) is 22.6. The summed E-state index contributed by atoms with van der Waals surface area (Å²) >= 11 is 0. The number of hydrogen-bond donors (Lipinski definition) is 0. The fraction of sp³-hybridized carbons (Fsp3) is 0.940. The van der Waals surface area contributed by atoms with Gasteiger partial charge in [-0.3, -0.25) is 14.4 Å². The number of carbonyl (C=O) groups is 3. The van der Waals surface area contributed by atoms with Crippen LogP contribution in [0.2, 0.25) is 0 Å². The van der Waals surface area contributed by atoms with Gasteiger partial charge in [0.2, 0.25) is 0 Å². The van der Waals surface area contributed by atoms with Crippen molar-refractivity contribution in [3.8, 4) is 0 Å². The second-order valence-corrected chi connectivity index (χ2v) is 21.2. The molecule has 0 aromatic carbocycles. The largest absolute Gasteiger partial charge is 0.438 e. The third-order valence-electron chi connectivity index (χ3n) is 15.8. The van der Waals surface area contributed by atoms with Gasteiger partial charge in [-0.15, -0.1) is 0 Å². The van der Waals surface area contributed by atoms with E-state index in [1.54, 1.807) is 0 Å². The van der Waals surface area contributed by atoms with Crippen molar-refractivity contribution in [2.24, 2.45) is 62.6 Å². The zero-order valence-electron chi connectivity index (χ0n) is 37.6. The summed E-state index contributed by atoms with van der Waals surface area (Å²) in [4.78, 5) is 35.3. The van der Waals surface area contributed by atoms with Crippen LogP contribution in [0.25, 0.3) is 0 Å². The van der Waals surface area contributed by atoms with Crippen molar-refractivity contribution >= 4 is 17.9 Å². The molecule has 0 aliphatic heterocycles. The van der Waals surface area contributed by atoms with Crippen LogP contribution < -0.4 is 0 Å². The molecular formula is C50H94O9. The molecule has 0 N–H and O–H groups in total. The van der Waals surface area contributed by atoms with Gasteiger partial charge in [-0.2, -0.15) is 0 Å². The van der Waals surface area contributed by atoms with E-state index in [0.29, 0.717) is 16.9 Å². The first-order chi connectivity index (χ1) is 26.3. The Morgan fingerprint density at radius 3 is 1.32 bits per heavy atom. The van der Waals surface area contributed by atoms with Crippen molar-refractivity contribution in [1.29, 1.82) is 0 Å². The topological polar surface area (TPSA) is 107 Å². The van der Waals surface area contributed by atoms with Crippen LogP contribution in [0.3, 0.4) is 0 Å². The first-order valence-corrected chi connectivity index (χ1v) is 22.6. The Morgan fingerprint density at radius 2 is 0.932 bits per heavy atom. The van der Waals surface area contributed by atoms with E-state index in [9.17, 15) is 14.4 Å². The summed E-state index contributed by atoms with van der Waals surface area (Å²) in [6, 6.07) is 0. The highest BCUT2D eigenvalue weighted by Crippen LogP contribution is 2.62. The second-order valence-electron chi connectivity index (χ2n) is 21.2. The third kappa shape index (κ3) is 14.7. The molecule has 7 saturated carbocycles. The van der Waals surface area contributed by atoms with Gasteiger partial charge in [-0.05, 0) is 171 Å². The van der Waals surface area contributed by atoms with E-state index in [1.807, 2.05) is 62.3 Å². The smallest absolute Gasteiger partial charge is 0.313 e. The zero-order chi connectivity index (χ0) is 41.4. The van der Waals surface area contributed by atoms with Gasteiger partial charge in [-0.1, -0.05) is 76.2 Å². The summed E-state index contributed by atoms with van der Waals surface area (Å²) < 4.78 is 32.6. The molecule has 6 bridgehead atoms. The molecule has 0 saturated heterocycles. The quantitative estimate of drug-likeness (QED) is 0.0612. The molecule has 0 spiro atoms. The Bertz CT molecular complexity index is 1240. The molecular weight excluding hydrogens is 745 g/mol. The van der Waals surface area contributed by atoms with E-state index in [0.717, 1.165) is 80.8 Å². The van der Waals surface area contributed by atoms with Crippen LogP contribution in [0.1, 0.15) is 201 Å². The molecule has 9 heteroatoms. The summed E-state index contributed by atoms with van der Waals surface area (Å²) in [5.74, 6) is 4.89. The Labute approximate surface area is 363 Å². The van der Waals surface area contributed by atoms with E-state index in [-0.39, 0.29) is 66.0 Å². The van der Waals surface area contributed by atoms with Crippen LogP contribution in [0.15, 0.2) is 0 Å². The molecule has 0 aromatic rings. The predicted molar refractivity (Wildman–Crippen MR) is 239 cm³/mol. The number of ether oxygens (including phenoxy) is 6. The van der Waals surface area contributed by atoms with Crippen LogP contribution >= 0.6 is 0 Å².